The van der Waals surface area contributed by atoms with Crippen molar-refractivity contribution in [3.8, 4) is 5.75 Å². The zero-order valence-electron chi connectivity index (χ0n) is 8.91. The van der Waals surface area contributed by atoms with Gasteiger partial charge in [0.05, 0.1) is 6.61 Å². The maximum Gasteiger partial charge on any atom is 0.461 e. The Hall–Kier alpha value is -0.830. The van der Waals surface area contributed by atoms with Gasteiger partial charge in [-0.2, -0.15) is 4.67 Å². The number of rotatable bonds is 2. The maximum atomic E-state index is 12.5. The van der Waals surface area contributed by atoms with Crippen LogP contribution in [0.1, 0.15) is 12.8 Å². The highest BCUT2D eigenvalue weighted by molar-refractivity contribution is 7.52. The van der Waals surface area contributed by atoms with Gasteiger partial charge in [-0.25, -0.2) is 4.57 Å². The topological polar surface area (TPSA) is 38.8 Å². The van der Waals surface area contributed by atoms with Crippen molar-refractivity contribution in [1.82, 2.24) is 4.67 Å². The minimum absolute atomic E-state index is 0.287. The van der Waals surface area contributed by atoms with Crippen molar-refractivity contribution in [1.29, 1.82) is 0 Å². The van der Waals surface area contributed by atoms with Gasteiger partial charge < -0.3 is 4.52 Å². The molecule has 86 valence electrons. The van der Waals surface area contributed by atoms with Crippen LogP contribution in [0.2, 0.25) is 0 Å². The third-order valence-electron chi connectivity index (χ3n) is 3.05. The molecule has 2 atom stereocenters. The van der Waals surface area contributed by atoms with Gasteiger partial charge in [-0.15, -0.1) is 0 Å². The molecule has 0 bridgehead atoms. The average Bonchev–Trinajstić information content (AvgIpc) is 2.86. The zero-order valence-corrected chi connectivity index (χ0v) is 9.81. The van der Waals surface area contributed by atoms with E-state index in [-0.39, 0.29) is 6.04 Å². The summed E-state index contributed by atoms with van der Waals surface area (Å²) in [5.41, 5.74) is 0. The van der Waals surface area contributed by atoms with Crippen LogP contribution in [0.4, 0.5) is 0 Å². The third-order valence-corrected chi connectivity index (χ3v) is 5.13. The zero-order chi connectivity index (χ0) is 11.0. The lowest BCUT2D eigenvalue weighted by Gasteiger charge is -2.20. The van der Waals surface area contributed by atoms with Crippen molar-refractivity contribution in [3.63, 3.8) is 0 Å². The lowest BCUT2D eigenvalue weighted by molar-refractivity contribution is 0.288. The van der Waals surface area contributed by atoms with Crippen LogP contribution in [0.3, 0.4) is 0 Å². The summed E-state index contributed by atoms with van der Waals surface area (Å²) < 4.78 is 25.3. The molecule has 2 heterocycles. The van der Waals surface area contributed by atoms with Crippen LogP contribution in [-0.2, 0) is 9.09 Å². The van der Waals surface area contributed by atoms with Gasteiger partial charge in [0, 0.05) is 12.6 Å². The molecule has 0 amide bonds. The van der Waals surface area contributed by atoms with Crippen LogP contribution in [-0.4, -0.2) is 23.9 Å². The second-order valence-corrected chi connectivity index (χ2v) is 6.02. The number of hydrogen-bond acceptors (Lipinski definition) is 3. The number of nitrogens with zero attached hydrogens (tertiary/aromatic N) is 1. The fourth-order valence-electron chi connectivity index (χ4n) is 2.26. The van der Waals surface area contributed by atoms with Crippen LogP contribution < -0.4 is 4.52 Å². The highest BCUT2D eigenvalue weighted by Crippen LogP contribution is 2.59. The van der Waals surface area contributed by atoms with Gasteiger partial charge in [0.2, 0.25) is 0 Å². The molecule has 1 aromatic carbocycles. The third kappa shape index (κ3) is 1.67. The Morgan fingerprint density at radius 1 is 1.38 bits per heavy atom. The van der Waals surface area contributed by atoms with Gasteiger partial charge in [0.25, 0.3) is 0 Å². The van der Waals surface area contributed by atoms with Gasteiger partial charge in [-0.1, -0.05) is 18.2 Å². The Morgan fingerprint density at radius 2 is 2.19 bits per heavy atom. The maximum absolute atomic E-state index is 12.5. The summed E-state index contributed by atoms with van der Waals surface area (Å²) in [4.78, 5) is 0. The minimum Gasteiger partial charge on any atom is -0.413 e. The van der Waals surface area contributed by atoms with E-state index < -0.39 is 7.75 Å². The predicted octanol–water partition coefficient (Wildman–Crippen LogP) is 2.67. The van der Waals surface area contributed by atoms with Crippen LogP contribution >= 0.6 is 7.75 Å². The molecule has 0 N–H and O–H groups in total. The van der Waals surface area contributed by atoms with Gasteiger partial charge in [-0.05, 0) is 25.0 Å². The molecule has 5 heteroatoms. The first-order valence-corrected chi connectivity index (χ1v) is 7.04. The summed E-state index contributed by atoms with van der Waals surface area (Å²) in [6, 6.07) is 9.50. The van der Waals surface area contributed by atoms with Crippen molar-refractivity contribution in [3.05, 3.63) is 30.3 Å². The Labute approximate surface area is 94.8 Å². The van der Waals surface area contributed by atoms with E-state index >= 15 is 0 Å². The number of fused-ring (bicyclic) bond motifs is 1. The van der Waals surface area contributed by atoms with Crippen LogP contribution in [0, 0.1) is 0 Å². The van der Waals surface area contributed by atoms with Crippen LogP contribution in [0.5, 0.6) is 5.75 Å². The molecular formula is C11H14NO3P. The van der Waals surface area contributed by atoms with E-state index in [1.165, 1.54) is 0 Å². The molecular weight excluding hydrogens is 225 g/mol. The fraction of sp³-hybridized carbons (Fsp3) is 0.455. The highest BCUT2D eigenvalue weighted by atomic mass is 31.2. The predicted molar refractivity (Wildman–Crippen MR) is 60.4 cm³/mol. The Bertz CT molecular complexity index is 422. The van der Waals surface area contributed by atoms with E-state index in [1.807, 2.05) is 22.9 Å². The van der Waals surface area contributed by atoms with Gasteiger partial charge in [-0.3, -0.25) is 4.52 Å². The normalized spacial score (nSPS) is 33.9. The molecule has 2 saturated heterocycles. The second kappa shape index (κ2) is 3.88. The smallest absolute Gasteiger partial charge is 0.413 e. The second-order valence-electron chi connectivity index (χ2n) is 4.13. The standard InChI is InChI=1S/C11H14NO3P/c13-16(15-11-6-2-1-3-7-11)12-8-4-5-10(12)9-14-16/h1-3,6-7,10H,4-5,8-9H2/t10-,16-/m0/s1. The van der Waals surface area contributed by atoms with Crippen molar-refractivity contribution in [2.75, 3.05) is 13.2 Å². The summed E-state index contributed by atoms with van der Waals surface area (Å²) in [5, 5.41) is 0. The van der Waals surface area contributed by atoms with E-state index in [2.05, 4.69) is 0 Å². The van der Waals surface area contributed by atoms with Crippen molar-refractivity contribution in [2.45, 2.75) is 18.9 Å². The van der Waals surface area contributed by atoms with Gasteiger partial charge in [0.15, 0.2) is 0 Å². The van der Waals surface area contributed by atoms with E-state index in [4.69, 9.17) is 9.05 Å². The van der Waals surface area contributed by atoms with Gasteiger partial charge in [0.1, 0.15) is 5.75 Å². The first-order valence-electron chi connectivity index (χ1n) is 5.54. The van der Waals surface area contributed by atoms with E-state index in [1.54, 1.807) is 12.1 Å². The van der Waals surface area contributed by atoms with Crippen molar-refractivity contribution >= 4 is 7.75 Å². The van der Waals surface area contributed by atoms with Crippen LogP contribution in [0.15, 0.2) is 30.3 Å². The fourth-order valence-corrected chi connectivity index (χ4v) is 4.28. The lowest BCUT2D eigenvalue weighted by Crippen LogP contribution is -2.22. The lowest BCUT2D eigenvalue weighted by atomic mass is 10.2. The first kappa shape index (κ1) is 10.3. The summed E-state index contributed by atoms with van der Waals surface area (Å²) in [7, 11) is -3.06. The summed E-state index contributed by atoms with van der Waals surface area (Å²) in [5.74, 6) is 0.610. The van der Waals surface area contributed by atoms with Crippen LogP contribution in [0.25, 0.3) is 0 Å². The molecule has 16 heavy (non-hydrogen) atoms. The number of benzene rings is 1. The van der Waals surface area contributed by atoms with E-state index in [0.29, 0.717) is 12.4 Å². The number of para-hydroxylation sites is 1. The minimum atomic E-state index is -3.06. The molecule has 2 aliphatic heterocycles. The molecule has 0 aliphatic carbocycles. The van der Waals surface area contributed by atoms with Crippen molar-refractivity contribution in [2.24, 2.45) is 0 Å². The molecule has 2 aliphatic rings. The van der Waals surface area contributed by atoms with E-state index in [9.17, 15) is 4.57 Å². The molecule has 0 unspecified atom stereocenters. The van der Waals surface area contributed by atoms with E-state index in [0.717, 1.165) is 19.4 Å². The molecule has 1 aromatic rings. The molecule has 0 spiro atoms. The average molecular weight is 239 g/mol. The summed E-state index contributed by atoms with van der Waals surface area (Å²) in [6.07, 6.45) is 2.14. The largest absolute Gasteiger partial charge is 0.461 e. The Morgan fingerprint density at radius 3 is 3.00 bits per heavy atom. The Balaban J connectivity index is 1.82. The molecule has 2 fully saturated rings. The summed E-state index contributed by atoms with van der Waals surface area (Å²) in [6.45, 7) is 1.35. The molecule has 0 aromatic heterocycles. The summed E-state index contributed by atoms with van der Waals surface area (Å²) >= 11 is 0. The van der Waals surface area contributed by atoms with Gasteiger partial charge >= 0.3 is 7.75 Å². The monoisotopic (exact) mass is 239 g/mol. The Kier molecular flexibility index (Phi) is 2.51. The quantitative estimate of drug-likeness (QED) is 0.744. The molecule has 0 radical (unpaired) electrons. The molecule has 4 nitrogen and oxygen atoms in total. The van der Waals surface area contributed by atoms with Crippen molar-refractivity contribution < 1.29 is 13.6 Å². The highest BCUT2D eigenvalue weighted by Gasteiger charge is 2.49. The molecule has 0 saturated carbocycles. The molecule has 3 rings (SSSR count). The SMILES string of the molecule is O=[P@]1(Oc2ccccc2)OC[C@@H]2CCCN21. The first-order chi connectivity index (χ1) is 7.78. The number of hydrogen-bond donors (Lipinski definition) is 0.